The summed E-state index contributed by atoms with van der Waals surface area (Å²) in [6.45, 7) is 4.52. The normalized spacial score (nSPS) is 11.0. The Hall–Kier alpha value is -2.40. The monoisotopic (exact) mass is 416 g/mol. The zero-order valence-electron chi connectivity index (χ0n) is 16.9. The van der Waals surface area contributed by atoms with Crippen LogP contribution in [0.5, 0.6) is 0 Å². The van der Waals surface area contributed by atoms with Crippen molar-refractivity contribution in [2.45, 2.75) is 20.0 Å². The SMILES string of the molecule is Cc1ccccc1[P+](Cc1ccccc1)(c1ccccc1)c1ccccc1C.[Cl-]. The fourth-order valence-corrected chi connectivity index (χ4v) is 9.01. The van der Waals surface area contributed by atoms with Crippen molar-refractivity contribution in [3.8, 4) is 0 Å². The largest absolute Gasteiger partial charge is 1.00 e. The molecule has 4 aromatic carbocycles. The minimum atomic E-state index is -1.85. The van der Waals surface area contributed by atoms with Gasteiger partial charge in [-0.1, -0.05) is 84.9 Å². The van der Waals surface area contributed by atoms with E-state index in [2.05, 4.69) is 123 Å². The lowest BCUT2D eigenvalue weighted by Crippen LogP contribution is -3.00. The molecule has 0 unspecified atom stereocenters. The molecule has 0 aliphatic heterocycles. The summed E-state index contributed by atoms with van der Waals surface area (Å²) in [6, 6.07) is 40.0. The van der Waals surface area contributed by atoms with Crippen molar-refractivity contribution >= 4 is 23.2 Å². The van der Waals surface area contributed by atoms with Crippen LogP contribution in [0.25, 0.3) is 0 Å². The van der Waals surface area contributed by atoms with Gasteiger partial charge in [0.25, 0.3) is 0 Å². The quantitative estimate of drug-likeness (QED) is 0.439. The van der Waals surface area contributed by atoms with Gasteiger partial charge in [0.1, 0.15) is 23.2 Å². The molecule has 4 aromatic rings. The van der Waals surface area contributed by atoms with Crippen molar-refractivity contribution in [3.05, 3.63) is 126 Å². The number of hydrogen-bond donors (Lipinski definition) is 0. The molecule has 0 atom stereocenters. The first-order chi connectivity index (χ1) is 13.7. The molecule has 4 rings (SSSR count). The van der Waals surface area contributed by atoms with Gasteiger partial charge in [-0.05, 0) is 54.8 Å². The molecule has 0 N–H and O–H groups in total. The van der Waals surface area contributed by atoms with E-state index in [0.29, 0.717) is 0 Å². The number of hydrogen-bond acceptors (Lipinski definition) is 0. The van der Waals surface area contributed by atoms with E-state index in [-0.39, 0.29) is 12.4 Å². The van der Waals surface area contributed by atoms with Gasteiger partial charge in [0, 0.05) is 0 Å². The summed E-state index contributed by atoms with van der Waals surface area (Å²) in [5.41, 5.74) is 4.14. The molecule has 0 bridgehead atoms. The third-order valence-electron chi connectivity index (χ3n) is 5.51. The highest BCUT2D eigenvalue weighted by Crippen LogP contribution is 2.59. The zero-order chi connectivity index (χ0) is 19.4. The van der Waals surface area contributed by atoms with E-state index in [1.807, 2.05) is 0 Å². The molecule has 0 heterocycles. The van der Waals surface area contributed by atoms with Crippen molar-refractivity contribution in [2.24, 2.45) is 0 Å². The Morgan fingerprint density at radius 1 is 0.517 bits per heavy atom. The van der Waals surface area contributed by atoms with Crippen LogP contribution in [0.2, 0.25) is 0 Å². The third kappa shape index (κ3) is 4.15. The lowest BCUT2D eigenvalue weighted by Gasteiger charge is -2.30. The summed E-state index contributed by atoms with van der Waals surface area (Å²) in [5, 5.41) is 4.42. The van der Waals surface area contributed by atoms with E-state index in [4.69, 9.17) is 0 Å². The average molecular weight is 417 g/mol. The highest BCUT2D eigenvalue weighted by Gasteiger charge is 2.47. The summed E-state index contributed by atoms with van der Waals surface area (Å²) >= 11 is 0. The summed E-state index contributed by atoms with van der Waals surface area (Å²) < 4.78 is 0. The molecule has 0 radical (unpaired) electrons. The van der Waals surface area contributed by atoms with Gasteiger partial charge in [-0.3, -0.25) is 0 Å². The van der Waals surface area contributed by atoms with Crippen LogP contribution < -0.4 is 28.3 Å². The molecular formula is C27H26ClP. The van der Waals surface area contributed by atoms with Crippen molar-refractivity contribution in [2.75, 3.05) is 0 Å². The van der Waals surface area contributed by atoms with Crippen LogP contribution in [-0.2, 0) is 6.16 Å². The second kappa shape index (κ2) is 9.40. The van der Waals surface area contributed by atoms with Crippen LogP contribution in [0, 0.1) is 13.8 Å². The molecule has 0 saturated heterocycles. The summed E-state index contributed by atoms with van der Waals surface area (Å²) in [5.74, 6) is 0. The van der Waals surface area contributed by atoms with Crippen molar-refractivity contribution in [1.29, 1.82) is 0 Å². The molecule has 29 heavy (non-hydrogen) atoms. The summed E-state index contributed by atoms with van der Waals surface area (Å²) in [7, 11) is -1.85. The van der Waals surface area contributed by atoms with Crippen LogP contribution in [0.1, 0.15) is 16.7 Å². The minimum absolute atomic E-state index is 0. The van der Waals surface area contributed by atoms with Crippen molar-refractivity contribution in [1.82, 2.24) is 0 Å². The standard InChI is InChI=1S/C27H26P.ClH/c1-22-13-9-11-19-26(22)28(25-17-7-4-8-18-25,21-24-15-5-3-6-16-24)27-20-12-10-14-23(27)2;/h3-20H,21H2,1-2H3;1H/q+1;/p-1. The number of aryl methyl sites for hydroxylation is 2. The molecule has 0 fully saturated rings. The maximum Gasteiger partial charge on any atom is 0.117 e. The Kier molecular flexibility index (Phi) is 6.91. The highest BCUT2D eigenvalue weighted by molar-refractivity contribution is 7.95. The fourth-order valence-electron chi connectivity index (χ4n) is 4.19. The molecule has 0 saturated carbocycles. The van der Waals surface area contributed by atoms with E-state index in [1.165, 1.54) is 32.6 Å². The average Bonchev–Trinajstić information content (AvgIpc) is 2.74. The van der Waals surface area contributed by atoms with Gasteiger partial charge in [0.15, 0.2) is 0 Å². The smallest absolute Gasteiger partial charge is 0.117 e. The number of halogens is 1. The molecule has 0 amide bonds. The maximum atomic E-state index is 2.35. The van der Waals surface area contributed by atoms with Gasteiger partial charge in [-0.2, -0.15) is 0 Å². The zero-order valence-corrected chi connectivity index (χ0v) is 18.6. The molecule has 0 nitrogen and oxygen atoms in total. The van der Waals surface area contributed by atoms with E-state index in [9.17, 15) is 0 Å². The molecule has 2 heteroatoms. The van der Waals surface area contributed by atoms with Gasteiger partial charge >= 0.3 is 0 Å². The van der Waals surface area contributed by atoms with Crippen LogP contribution in [-0.4, -0.2) is 0 Å². The molecule has 0 aliphatic rings. The topological polar surface area (TPSA) is 0 Å². The van der Waals surface area contributed by atoms with Gasteiger partial charge in [-0.15, -0.1) is 0 Å². The maximum absolute atomic E-state index is 2.35. The summed E-state index contributed by atoms with van der Waals surface area (Å²) in [6.07, 6.45) is 1.04. The van der Waals surface area contributed by atoms with Gasteiger partial charge in [0.2, 0.25) is 0 Å². The molecule has 0 aliphatic carbocycles. The Bertz CT molecular complexity index is 1010. The third-order valence-corrected chi connectivity index (χ3v) is 10.2. The second-order valence-corrected chi connectivity index (χ2v) is 10.8. The highest BCUT2D eigenvalue weighted by atomic mass is 35.5. The number of benzene rings is 4. The second-order valence-electron chi connectivity index (χ2n) is 7.36. The van der Waals surface area contributed by atoms with Gasteiger partial charge in [-0.25, -0.2) is 0 Å². The Morgan fingerprint density at radius 3 is 1.41 bits per heavy atom. The Labute approximate surface area is 181 Å². The van der Waals surface area contributed by atoms with Crippen molar-refractivity contribution in [3.63, 3.8) is 0 Å². The van der Waals surface area contributed by atoms with Gasteiger partial charge < -0.3 is 12.4 Å². The number of rotatable bonds is 5. The van der Waals surface area contributed by atoms with E-state index < -0.39 is 7.26 Å². The Morgan fingerprint density at radius 2 is 0.931 bits per heavy atom. The fraction of sp³-hybridized carbons (Fsp3) is 0.111. The predicted octanol–water partition coefficient (Wildman–Crippen LogP) is 2.80. The van der Waals surface area contributed by atoms with Crippen LogP contribution in [0.4, 0.5) is 0 Å². The molecule has 0 spiro atoms. The van der Waals surface area contributed by atoms with Crippen molar-refractivity contribution < 1.29 is 12.4 Å². The van der Waals surface area contributed by atoms with Gasteiger partial charge in [0.05, 0.1) is 6.16 Å². The summed E-state index contributed by atoms with van der Waals surface area (Å²) in [4.78, 5) is 0. The first-order valence-electron chi connectivity index (χ1n) is 9.82. The van der Waals surface area contributed by atoms with Crippen LogP contribution >= 0.6 is 7.26 Å². The molecule has 146 valence electrons. The molecule has 0 aromatic heterocycles. The lowest BCUT2D eigenvalue weighted by atomic mass is 10.2. The van der Waals surface area contributed by atoms with E-state index in [0.717, 1.165) is 6.16 Å². The first kappa shape index (κ1) is 21.3. The lowest BCUT2D eigenvalue weighted by molar-refractivity contribution is -0.00000560. The predicted molar refractivity (Wildman–Crippen MR) is 125 cm³/mol. The van der Waals surface area contributed by atoms with E-state index in [1.54, 1.807) is 0 Å². The Balaban J connectivity index is 0.00000240. The first-order valence-corrected chi connectivity index (χ1v) is 11.8. The molecular weight excluding hydrogens is 391 g/mol. The van der Waals surface area contributed by atoms with E-state index >= 15 is 0 Å². The van der Waals surface area contributed by atoms with Crippen LogP contribution in [0.3, 0.4) is 0 Å². The minimum Gasteiger partial charge on any atom is -1.00 e. The van der Waals surface area contributed by atoms with Crippen LogP contribution in [0.15, 0.2) is 109 Å².